The molecule has 0 aromatic heterocycles. The minimum Gasteiger partial charge on any atom is -0.496 e. The van der Waals surface area contributed by atoms with Gasteiger partial charge in [0.05, 0.1) is 30.7 Å². The summed E-state index contributed by atoms with van der Waals surface area (Å²) in [6, 6.07) is 7.70. The molecule has 0 N–H and O–H groups in total. The van der Waals surface area contributed by atoms with Gasteiger partial charge in [0.15, 0.2) is 15.0 Å². The van der Waals surface area contributed by atoms with Crippen LogP contribution in [0.2, 0.25) is 0 Å². The first kappa shape index (κ1) is 15.7. The van der Waals surface area contributed by atoms with Crippen molar-refractivity contribution in [3.05, 3.63) is 29.8 Å². The fourth-order valence-corrected chi connectivity index (χ4v) is 5.75. The zero-order valence-corrected chi connectivity index (χ0v) is 14.4. The van der Waals surface area contributed by atoms with Gasteiger partial charge in [-0.15, -0.1) is 0 Å². The SMILES string of the molecule is CCSC1=N[C@H]2CS(=O)(=O)C[C@H]2N1Cc1ccccc1OC. The van der Waals surface area contributed by atoms with E-state index in [2.05, 4.69) is 16.8 Å². The van der Waals surface area contributed by atoms with E-state index >= 15 is 0 Å². The molecule has 2 aliphatic rings. The highest BCUT2D eigenvalue weighted by molar-refractivity contribution is 8.13. The Kier molecular flexibility index (Phi) is 4.36. The van der Waals surface area contributed by atoms with Crippen LogP contribution in [0.1, 0.15) is 12.5 Å². The van der Waals surface area contributed by atoms with Crippen LogP contribution in [0.5, 0.6) is 5.75 Å². The number of aliphatic imine (C=N–C) groups is 1. The van der Waals surface area contributed by atoms with Gasteiger partial charge in [-0.25, -0.2) is 8.42 Å². The van der Waals surface area contributed by atoms with Crippen LogP contribution in [0, 0.1) is 0 Å². The maximum atomic E-state index is 11.9. The van der Waals surface area contributed by atoms with E-state index in [0.29, 0.717) is 6.54 Å². The number of nitrogens with zero attached hydrogens (tertiary/aromatic N) is 2. The molecule has 2 aliphatic heterocycles. The van der Waals surface area contributed by atoms with Gasteiger partial charge in [-0.05, 0) is 11.8 Å². The quantitative estimate of drug-likeness (QED) is 0.836. The van der Waals surface area contributed by atoms with Crippen LogP contribution in [0.3, 0.4) is 0 Å². The number of fused-ring (bicyclic) bond motifs is 1. The lowest BCUT2D eigenvalue weighted by Gasteiger charge is -2.27. The number of rotatable bonds is 4. The lowest BCUT2D eigenvalue weighted by Crippen LogP contribution is -2.38. The number of hydrogen-bond donors (Lipinski definition) is 0. The van der Waals surface area contributed by atoms with Crippen molar-refractivity contribution in [3.63, 3.8) is 0 Å². The predicted molar refractivity (Wildman–Crippen MR) is 90.3 cm³/mol. The number of para-hydroxylation sites is 1. The lowest BCUT2D eigenvalue weighted by molar-refractivity contribution is 0.332. The Morgan fingerprint density at radius 2 is 2.14 bits per heavy atom. The number of sulfone groups is 1. The molecule has 1 aromatic carbocycles. The summed E-state index contributed by atoms with van der Waals surface area (Å²) < 4.78 is 29.2. The van der Waals surface area contributed by atoms with E-state index in [1.165, 1.54) is 0 Å². The van der Waals surface area contributed by atoms with Gasteiger partial charge >= 0.3 is 0 Å². The number of ether oxygens (including phenoxy) is 1. The third-order valence-corrected chi connectivity index (χ3v) is 6.61. The summed E-state index contributed by atoms with van der Waals surface area (Å²) in [5.74, 6) is 2.12. The first-order valence-electron chi connectivity index (χ1n) is 7.33. The van der Waals surface area contributed by atoms with Gasteiger partial charge in [0, 0.05) is 12.1 Å². The molecule has 2 heterocycles. The Morgan fingerprint density at radius 3 is 2.86 bits per heavy atom. The first-order chi connectivity index (χ1) is 10.5. The summed E-state index contributed by atoms with van der Waals surface area (Å²) in [6.45, 7) is 2.71. The molecule has 2 atom stereocenters. The largest absolute Gasteiger partial charge is 0.496 e. The highest BCUT2D eigenvalue weighted by Crippen LogP contribution is 2.33. The zero-order chi connectivity index (χ0) is 15.7. The van der Waals surface area contributed by atoms with E-state index in [1.54, 1.807) is 18.9 Å². The monoisotopic (exact) mass is 340 g/mol. The van der Waals surface area contributed by atoms with Crippen molar-refractivity contribution in [3.8, 4) is 5.75 Å². The second-order valence-corrected chi connectivity index (χ2v) is 8.88. The Bertz CT molecular complexity index is 688. The Labute approximate surface area is 135 Å². The van der Waals surface area contributed by atoms with Crippen LogP contribution in [0.25, 0.3) is 0 Å². The van der Waals surface area contributed by atoms with E-state index in [0.717, 1.165) is 22.2 Å². The highest BCUT2D eigenvalue weighted by Gasteiger charge is 2.46. The molecule has 5 nitrogen and oxygen atoms in total. The van der Waals surface area contributed by atoms with Crippen LogP contribution in [-0.2, 0) is 16.4 Å². The predicted octanol–water partition coefficient (Wildman–Crippen LogP) is 1.79. The van der Waals surface area contributed by atoms with Crippen molar-refractivity contribution in [1.29, 1.82) is 0 Å². The summed E-state index contributed by atoms with van der Waals surface area (Å²) in [4.78, 5) is 6.79. The Balaban J connectivity index is 1.88. The average molecular weight is 340 g/mol. The summed E-state index contributed by atoms with van der Waals surface area (Å²) in [5.41, 5.74) is 1.05. The van der Waals surface area contributed by atoms with Gasteiger partial charge in [0.25, 0.3) is 0 Å². The molecule has 0 amide bonds. The van der Waals surface area contributed by atoms with E-state index in [-0.39, 0.29) is 23.6 Å². The topological polar surface area (TPSA) is 59.0 Å². The van der Waals surface area contributed by atoms with E-state index < -0.39 is 9.84 Å². The third-order valence-electron chi connectivity index (χ3n) is 4.02. The summed E-state index contributed by atoms with van der Waals surface area (Å²) in [6.07, 6.45) is 0. The summed E-state index contributed by atoms with van der Waals surface area (Å²) in [7, 11) is -1.32. The van der Waals surface area contributed by atoms with Crippen molar-refractivity contribution < 1.29 is 13.2 Å². The maximum absolute atomic E-state index is 11.9. The molecule has 0 saturated carbocycles. The number of methoxy groups -OCH3 is 1. The molecule has 7 heteroatoms. The number of thioether (sulfide) groups is 1. The number of amidine groups is 1. The molecule has 22 heavy (non-hydrogen) atoms. The molecule has 3 rings (SSSR count). The van der Waals surface area contributed by atoms with Gasteiger partial charge in [0.2, 0.25) is 0 Å². The number of benzene rings is 1. The lowest BCUT2D eigenvalue weighted by atomic mass is 10.1. The maximum Gasteiger partial charge on any atom is 0.160 e. The minimum atomic E-state index is -2.97. The van der Waals surface area contributed by atoms with Gasteiger partial charge < -0.3 is 9.64 Å². The number of hydrogen-bond acceptors (Lipinski definition) is 6. The molecule has 0 unspecified atom stereocenters. The fourth-order valence-electron chi connectivity index (χ4n) is 3.04. The molecule has 1 aromatic rings. The molecule has 1 saturated heterocycles. The average Bonchev–Trinajstić information content (AvgIpc) is 2.93. The summed E-state index contributed by atoms with van der Waals surface area (Å²) >= 11 is 1.68. The van der Waals surface area contributed by atoms with Gasteiger partial charge in [-0.1, -0.05) is 36.9 Å². The van der Waals surface area contributed by atoms with E-state index in [1.807, 2.05) is 24.3 Å². The Morgan fingerprint density at radius 1 is 1.36 bits per heavy atom. The zero-order valence-electron chi connectivity index (χ0n) is 12.7. The molecular weight excluding hydrogens is 320 g/mol. The Hall–Kier alpha value is -1.21. The molecule has 1 fully saturated rings. The molecule has 0 radical (unpaired) electrons. The normalized spacial score (nSPS) is 25.9. The second kappa shape index (κ2) is 6.12. The van der Waals surface area contributed by atoms with Gasteiger partial charge in [-0.2, -0.15) is 0 Å². The van der Waals surface area contributed by atoms with Crippen LogP contribution in [0.4, 0.5) is 0 Å². The van der Waals surface area contributed by atoms with Crippen molar-refractivity contribution in [1.82, 2.24) is 4.90 Å². The molecule has 0 bridgehead atoms. The van der Waals surface area contributed by atoms with Crippen LogP contribution >= 0.6 is 11.8 Å². The molecule has 0 aliphatic carbocycles. The van der Waals surface area contributed by atoms with E-state index in [4.69, 9.17) is 4.74 Å². The van der Waals surface area contributed by atoms with Crippen LogP contribution < -0.4 is 4.74 Å². The van der Waals surface area contributed by atoms with Gasteiger partial charge in [0.1, 0.15) is 5.75 Å². The minimum absolute atomic E-state index is 0.0380. The fraction of sp³-hybridized carbons (Fsp3) is 0.533. The van der Waals surface area contributed by atoms with Crippen molar-refractivity contribution in [2.24, 2.45) is 4.99 Å². The van der Waals surface area contributed by atoms with Crippen LogP contribution in [-0.4, -0.2) is 54.9 Å². The van der Waals surface area contributed by atoms with Crippen molar-refractivity contribution in [2.45, 2.75) is 25.6 Å². The van der Waals surface area contributed by atoms with Gasteiger partial charge in [-0.3, -0.25) is 4.99 Å². The third kappa shape index (κ3) is 2.96. The summed E-state index contributed by atoms with van der Waals surface area (Å²) in [5, 5.41) is 0.957. The van der Waals surface area contributed by atoms with Crippen molar-refractivity contribution >= 4 is 26.8 Å². The first-order valence-corrected chi connectivity index (χ1v) is 10.1. The molecule has 120 valence electrons. The van der Waals surface area contributed by atoms with Crippen molar-refractivity contribution in [2.75, 3.05) is 24.4 Å². The van der Waals surface area contributed by atoms with E-state index in [9.17, 15) is 8.42 Å². The molecule has 0 spiro atoms. The molecular formula is C15H20N2O3S2. The standard InChI is InChI=1S/C15H20N2O3S2/c1-3-21-15-16-12-9-22(18,19)10-13(12)17(15)8-11-6-4-5-7-14(11)20-2/h4-7,12-13H,3,8-10H2,1-2H3/t12-,13+/m0/s1. The smallest absolute Gasteiger partial charge is 0.160 e. The highest BCUT2D eigenvalue weighted by atomic mass is 32.2. The van der Waals surface area contributed by atoms with Crippen LogP contribution in [0.15, 0.2) is 29.3 Å². The second-order valence-electron chi connectivity index (χ2n) is 5.50.